The van der Waals surface area contributed by atoms with Crippen molar-refractivity contribution in [3.05, 3.63) is 80.6 Å². The van der Waals surface area contributed by atoms with Crippen molar-refractivity contribution in [1.29, 1.82) is 0 Å². The number of rotatable bonds is 5. The fraction of sp³-hybridized carbons (Fsp3) is 0.333. The summed E-state index contributed by atoms with van der Waals surface area (Å²) in [6, 6.07) is 10.1. The van der Waals surface area contributed by atoms with Crippen LogP contribution in [-0.2, 0) is 14.3 Å². The lowest BCUT2D eigenvalue weighted by molar-refractivity contribution is -0.139. The Morgan fingerprint density at radius 2 is 2.00 bits per heavy atom. The third-order valence-corrected chi connectivity index (χ3v) is 6.67. The largest absolute Gasteiger partial charge is 0.462 e. The first-order chi connectivity index (χ1) is 14.5. The first-order valence-corrected chi connectivity index (χ1v) is 11.1. The maximum absolute atomic E-state index is 13.6. The molecule has 1 N–H and O–H groups in total. The summed E-state index contributed by atoms with van der Waals surface area (Å²) in [6.45, 7) is 4.08. The van der Waals surface area contributed by atoms with Crippen molar-refractivity contribution in [2.75, 3.05) is 6.61 Å². The molecular formula is C24H24FNO3S. The van der Waals surface area contributed by atoms with Gasteiger partial charge in [-0.3, -0.25) is 4.79 Å². The number of ketones is 1. The minimum absolute atomic E-state index is 0.0183. The van der Waals surface area contributed by atoms with Crippen molar-refractivity contribution >= 4 is 23.1 Å². The third-order valence-electron chi connectivity index (χ3n) is 5.63. The number of hydrogen-bond donors (Lipinski definition) is 1. The molecule has 1 aromatic heterocycles. The highest BCUT2D eigenvalue weighted by Gasteiger charge is 2.41. The van der Waals surface area contributed by atoms with Crippen molar-refractivity contribution in [3.8, 4) is 0 Å². The molecule has 2 aromatic rings. The van der Waals surface area contributed by atoms with Gasteiger partial charge in [0.2, 0.25) is 0 Å². The molecule has 0 fully saturated rings. The zero-order chi connectivity index (χ0) is 21.3. The number of hydrogen-bond acceptors (Lipinski definition) is 5. The van der Waals surface area contributed by atoms with Gasteiger partial charge in [-0.15, -0.1) is 11.3 Å². The summed E-state index contributed by atoms with van der Waals surface area (Å²) in [5.41, 5.74) is 3.28. The lowest BCUT2D eigenvalue weighted by atomic mass is 9.72. The van der Waals surface area contributed by atoms with Gasteiger partial charge in [0.1, 0.15) is 5.82 Å². The topological polar surface area (TPSA) is 55.4 Å². The predicted molar refractivity (Wildman–Crippen MR) is 115 cm³/mol. The number of halogens is 1. The zero-order valence-electron chi connectivity index (χ0n) is 17.0. The molecule has 0 amide bonds. The molecule has 0 saturated heterocycles. The number of benzene rings is 1. The predicted octanol–water partition coefficient (Wildman–Crippen LogP) is 5.20. The number of nitrogens with one attached hydrogen (secondary N) is 1. The maximum Gasteiger partial charge on any atom is 0.336 e. The molecule has 0 saturated carbocycles. The Labute approximate surface area is 179 Å². The number of Topliss-reactive ketones (excluding diaryl/α,β-unsaturated/α-hetero) is 1. The molecule has 6 heteroatoms. The van der Waals surface area contributed by atoms with Crippen LogP contribution in [0, 0.1) is 5.82 Å². The van der Waals surface area contributed by atoms with Gasteiger partial charge in [0.25, 0.3) is 0 Å². The van der Waals surface area contributed by atoms with Gasteiger partial charge in [-0.25, -0.2) is 9.18 Å². The van der Waals surface area contributed by atoms with Crippen molar-refractivity contribution in [2.24, 2.45) is 0 Å². The van der Waals surface area contributed by atoms with E-state index in [2.05, 4.69) is 11.4 Å². The molecule has 1 aromatic carbocycles. The summed E-state index contributed by atoms with van der Waals surface area (Å²) >= 11 is 1.65. The molecule has 2 heterocycles. The zero-order valence-corrected chi connectivity index (χ0v) is 17.9. The molecule has 156 valence electrons. The molecule has 0 radical (unpaired) electrons. The second-order valence-electron chi connectivity index (χ2n) is 7.72. The van der Waals surface area contributed by atoms with Crippen LogP contribution in [0.4, 0.5) is 4.39 Å². The Morgan fingerprint density at radius 1 is 1.23 bits per heavy atom. The van der Waals surface area contributed by atoms with Gasteiger partial charge < -0.3 is 10.1 Å². The van der Waals surface area contributed by atoms with Crippen LogP contribution < -0.4 is 5.32 Å². The van der Waals surface area contributed by atoms with E-state index in [9.17, 15) is 14.0 Å². The molecular weight excluding hydrogens is 401 g/mol. The van der Waals surface area contributed by atoms with E-state index in [1.54, 1.807) is 23.5 Å². The maximum atomic E-state index is 13.6. The standard InChI is InChI=1S/C24H24FNO3S/c1-3-10-29-24(28)21-14(2)26-18-12-16(20-5-4-11-30-20)13-19(27)23(18)22(21)15-6-8-17(25)9-7-15/h4-9,11,16,22,26H,3,10,12-13H2,1-2H3/t16-,22-/m0/s1. The van der Waals surface area contributed by atoms with Gasteiger partial charge in [-0.05, 0) is 48.9 Å². The summed E-state index contributed by atoms with van der Waals surface area (Å²) in [7, 11) is 0. The van der Waals surface area contributed by atoms with Gasteiger partial charge in [0, 0.05) is 40.1 Å². The van der Waals surface area contributed by atoms with Crippen molar-refractivity contribution in [1.82, 2.24) is 5.32 Å². The Balaban J connectivity index is 1.78. The van der Waals surface area contributed by atoms with Crippen LogP contribution in [0.15, 0.2) is 64.3 Å². The van der Waals surface area contributed by atoms with E-state index < -0.39 is 11.9 Å². The minimum atomic E-state index is -0.553. The van der Waals surface area contributed by atoms with Crippen LogP contribution in [0.2, 0.25) is 0 Å². The smallest absolute Gasteiger partial charge is 0.336 e. The molecule has 1 aliphatic heterocycles. The lowest BCUT2D eigenvalue weighted by Gasteiger charge is -2.36. The average molecular weight is 426 g/mol. The quantitative estimate of drug-likeness (QED) is 0.669. The fourth-order valence-electron chi connectivity index (χ4n) is 4.30. The van der Waals surface area contributed by atoms with Crippen LogP contribution in [0.25, 0.3) is 0 Å². The molecule has 4 nitrogen and oxygen atoms in total. The average Bonchev–Trinajstić information content (AvgIpc) is 3.26. The Bertz CT molecular complexity index is 1020. The number of thiophene rings is 1. The molecule has 0 bridgehead atoms. The van der Waals surface area contributed by atoms with Gasteiger partial charge in [0.15, 0.2) is 5.78 Å². The molecule has 4 rings (SSSR count). The highest BCUT2D eigenvalue weighted by atomic mass is 32.1. The molecule has 0 spiro atoms. The van der Waals surface area contributed by atoms with E-state index in [0.29, 0.717) is 42.7 Å². The molecule has 2 atom stereocenters. The number of esters is 1. The summed E-state index contributed by atoms with van der Waals surface area (Å²) in [6.07, 6.45) is 1.81. The number of dihydropyridines is 1. The van der Waals surface area contributed by atoms with Crippen molar-refractivity contribution in [3.63, 3.8) is 0 Å². The van der Waals surface area contributed by atoms with E-state index in [0.717, 1.165) is 11.3 Å². The third kappa shape index (κ3) is 3.84. The highest BCUT2D eigenvalue weighted by molar-refractivity contribution is 7.10. The Hall–Kier alpha value is -2.73. The van der Waals surface area contributed by atoms with E-state index >= 15 is 0 Å². The van der Waals surface area contributed by atoms with Crippen molar-refractivity contribution in [2.45, 2.75) is 44.9 Å². The first kappa shape index (κ1) is 20.5. The summed E-state index contributed by atoms with van der Waals surface area (Å²) < 4.78 is 19.0. The van der Waals surface area contributed by atoms with Crippen molar-refractivity contribution < 1.29 is 18.7 Å². The number of carbonyl (C=O) groups is 2. The van der Waals surface area contributed by atoms with Crippen LogP contribution in [0.5, 0.6) is 0 Å². The monoisotopic (exact) mass is 425 g/mol. The molecule has 2 aliphatic rings. The molecule has 1 aliphatic carbocycles. The fourth-order valence-corrected chi connectivity index (χ4v) is 5.13. The summed E-state index contributed by atoms with van der Waals surface area (Å²) in [5.74, 6) is -1.20. The Morgan fingerprint density at radius 3 is 2.67 bits per heavy atom. The first-order valence-electron chi connectivity index (χ1n) is 10.2. The second kappa shape index (κ2) is 8.56. The molecule has 30 heavy (non-hydrogen) atoms. The molecule has 0 unspecified atom stereocenters. The van der Waals surface area contributed by atoms with Gasteiger partial charge in [-0.1, -0.05) is 25.1 Å². The minimum Gasteiger partial charge on any atom is -0.462 e. The number of ether oxygens (including phenoxy) is 1. The van der Waals surface area contributed by atoms with Crippen LogP contribution >= 0.6 is 11.3 Å². The van der Waals surface area contributed by atoms with E-state index in [1.807, 2.05) is 25.3 Å². The summed E-state index contributed by atoms with van der Waals surface area (Å²) in [4.78, 5) is 27.4. The lowest BCUT2D eigenvalue weighted by Crippen LogP contribution is -2.36. The van der Waals surface area contributed by atoms with Gasteiger partial charge in [0.05, 0.1) is 12.2 Å². The normalized spacial score (nSPS) is 21.4. The van der Waals surface area contributed by atoms with Crippen LogP contribution in [0.1, 0.15) is 55.4 Å². The van der Waals surface area contributed by atoms with E-state index in [4.69, 9.17) is 4.74 Å². The van der Waals surface area contributed by atoms with Gasteiger partial charge >= 0.3 is 5.97 Å². The number of carbonyl (C=O) groups excluding carboxylic acids is 2. The van der Waals surface area contributed by atoms with E-state index in [1.165, 1.54) is 17.0 Å². The highest BCUT2D eigenvalue weighted by Crippen LogP contribution is 2.46. The van der Waals surface area contributed by atoms with E-state index in [-0.39, 0.29) is 17.5 Å². The van der Waals surface area contributed by atoms with Crippen LogP contribution in [0.3, 0.4) is 0 Å². The summed E-state index contributed by atoms with van der Waals surface area (Å²) in [5, 5.41) is 5.35. The number of allylic oxidation sites excluding steroid dienone is 3. The van der Waals surface area contributed by atoms with Crippen LogP contribution in [-0.4, -0.2) is 18.4 Å². The van der Waals surface area contributed by atoms with Gasteiger partial charge in [-0.2, -0.15) is 0 Å². The Kier molecular flexibility index (Phi) is 5.86. The SMILES string of the molecule is CCCOC(=O)C1=C(C)NC2=C(C(=O)C[C@@H](c3cccs3)C2)[C@H]1c1ccc(F)cc1. The second-order valence-corrected chi connectivity index (χ2v) is 8.70.